The lowest BCUT2D eigenvalue weighted by atomic mass is 10.1. The summed E-state index contributed by atoms with van der Waals surface area (Å²) in [5.41, 5.74) is 2.43. The molecule has 1 amide bonds. The van der Waals surface area contributed by atoms with Crippen molar-refractivity contribution in [2.75, 3.05) is 18.1 Å². The largest absolute Gasteiger partial charge is 0.376 e. The van der Waals surface area contributed by atoms with Gasteiger partial charge >= 0.3 is 0 Å². The Morgan fingerprint density at radius 2 is 2.21 bits per heavy atom. The van der Waals surface area contributed by atoms with Crippen LogP contribution in [0, 0.1) is 0 Å². The van der Waals surface area contributed by atoms with Crippen LogP contribution in [0.4, 0.5) is 5.13 Å². The molecule has 7 heteroatoms. The summed E-state index contributed by atoms with van der Waals surface area (Å²) >= 11 is 7.61. The molecule has 1 unspecified atom stereocenters. The minimum Gasteiger partial charge on any atom is -0.376 e. The van der Waals surface area contributed by atoms with E-state index in [9.17, 15) is 4.79 Å². The Kier molecular flexibility index (Phi) is 4.55. The van der Waals surface area contributed by atoms with Gasteiger partial charge in [0.25, 0.3) is 5.91 Å². The summed E-state index contributed by atoms with van der Waals surface area (Å²) in [6, 6.07) is 13.4. The predicted molar refractivity (Wildman–Crippen MR) is 114 cm³/mol. The number of aromatic nitrogens is 2. The zero-order valence-corrected chi connectivity index (χ0v) is 16.6. The minimum atomic E-state index is -0.0712. The fourth-order valence-corrected chi connectivity index (χ4v) is 4.88. The highest BCUT2D eigenvalue weighted by molar-refractivity contribution is 7.22. The van der Waals surface area contributed by atoms with Crippen molar-refractivity contribution in [2.24, 2.45) is 0 Å². The smallest absolute Gasteiger partial charge is 0.262 e. The molecular weight excluding hydrogens is 394 g/mol. The maximum absolute atomic E-state index is 13.5. The highest BCUT2D eigenvalue weighted by Gasteiger charge is 2.28. The number of nitrogens with one attached hydrogen (secondary N) is 1. The van der Waals surface area contributed by atoms with Gasteiger partial charge in [-0.15, -0.1) is 0 Å². The van der Waals surface area contributed by atoms with Crippen LogP contribution in [0.15, 0.2) is 48.7 Å². The number of aromatic amines is 1. The maximum atomic E-state index is 13.5. The van der Waals surface area contributed by atoms with Gasteiger partial charge in [-0.25, -0.2) is 4.98 Å². The zero-order chi connectivity index (χ0) is 19.1. The Bertz CT molecular complexity index is 1160. The number of amides is 1. The molecule has 2 aromatic carbocycles. The van der Waals surface area contributed by atoms with Crippen LogP contribution in [0.25, 0.3) is 21.1 Å². The van der Waals surface area contributed by atoms with Gasteiger partial charge in [-0.3, -0.25) is 9.69 Å². The van der Waals surface area contributed by atoms with Gasteiger partial charge in [0.05, 0.1) is 28.4 Å². The van der Waals surface area contributed by atoms with Crippen LogP contribution in [0.2, 0.25) is 5.02 Å². The molecule has 5 rings (SSSR count). The first kappa shape index (κ1) is 17.7. The Hall–Kier alpha value is -2.41. The highest BCUT2D eigenvalue weighted by Crippen LogP contribution is 2.33. The molecule has 3 heterocycles. The first-order valence-corrected chi connectivity index (χ1v) is 10.4. The van der Waals surface area contributed by atoms with E-state index in [2.05, 4.69) is 4.98 Å². The fraction of sp³-hybridized carbons (Fsp3) is 0.238. The number of hydrogen-bond acceptors (Lipinski definition) is 4. The number of benzene rings is 2. The number of thiazole rings is 1. The third-order valence-electron chi connectivity index (χ3n) is 5.05. The normalized spacial score (nSPS) is 16.8. The average molecular weight is 412 g/mol. The van der Waals surface area contributed by atoms with E-state index in [-0.39, 0.29) is 12.0 Å². The third-order valence-corrected chi connectivity index (χ3v) is 6.32. The number of hydrogen-bond donors (Lipinski definition) is 1. The molecule has 28 heavy (non-hydrogen) atoms. The van der Waals surface area contributed by atoms with Crippen LogP contribution in [-0.4, -0.2) is 35.1 Å². The lowest BCUT2D eigenvalue weighted by molar-refractivity contribution is 0.0919. The van der Waals surface area contributed by atoms with Crippen molar-refractivity contribution in [3.05, 3.63) is 59.2 Å². The minimum absolute atomic E-state index is 0.0322. The van der Waals surface area contributed by atoms with Crippen LogP contribution >= 0.6 is 22.9 Å². The molecule has 0 spiro atoms. The molecule has 1 N–H and O–H groups in total. The molecule has 0 aliphatic carbocycles. The summed E-state index contributed by atoms with van der Waals surface area (Å²) in [7, 11) is 0. The number of nitrogens with zero attached hydrogens (tertiary/aromatic N) is 2. The first-order valence-electron chi connectivity index (χ1n) is 9.25. The van der Waals surface area contributed by atoms with Crippen LogP contribution in [0.5, 0.6) is 0 Å². The van der Waals surface area contributed by atoms with Crippen molar-refractivity contribution in [2.45, 2.75) is 18.9 Å². The van der Waals surface area contributed by atoms with Gasteiger partial charge in [0.1, 0.15) is 0 Å². The molecule has 0 radical (unpaired) electrons. The van der Waals surface area contributed by atoms with E-state index < -0.39 is 0 Å². The van der Waals surface area contributed by atoms with E-state index in [1.54, 1.807) is 11.1 Å². The summed E-state index contributed by atoms with van der Waals surface area (Å²) in [5, 5.41) is 2.24. The zero-order valence-electron chi connectivity index (χ0n) is 15.0. The fourth-order valence-electron chi connectivity index (χ4n) is 3.64. The Labute approximate surface area is 170 Å². The van der Waals surface area contributed by atoms with Crippen molar-refractivity contribution in [1.29, 1.82) is 0 Å². The molecule has 1 atom stereocenters. The van der Waals surface area contributed by atoms with Crippen LogP contribution in [0.3, 0.4) is 0 Å². The summed E-state index contributed by atoms with van der Waals surface area (Å²) < 4.78 is 6.77. The van der Waals surface area contributed by atoms with E-state index in [1.165, 1.54) is 11.3 Å². The number of carbonyl (C=O) groups is 1. The molecule has 1 saturated heterocycles. The summed E-state index contributed by atoms with van der Waals surface area (Å²) in [4.78, 5) is 23.2. The Morgan fingerprint density at radius 1 is 1.32 bits per heavy atom. The Morgan fingerprint density at radius 3 is 3.07 bits per heavy atom. The summed E-state index contributed by atoms with van der Waals surface area (Å²) in [6.45, 7) is 1.24. The molecular formula is C21H18ClN3O2S. The second-order valence-electron chi connectivity index (χ2n) is 6.91. The van der Waals surface area contributed by atoms with E-state index >= 15 is 0 Å². The summed E-state index contributed by atoms with van der Waals surface area (Å²) in [6.07, 6.45) is 3.79. The number of rotatable bonds is 4. The summed E-state index contributed by atoms with van der Waals surface area (Å²) in [5.74, 6) is -0.0712. The standard InChI is InChI=1S/C21H18ClN3O2S/c22-13-7-8-18-19(10-13)28-21(24-18)25(12-14-4-3-9-27-14)20(26)16-11-23-17-6-2-1-5-15(16)17/h1-2,5-8,10-11,14,23H,3-4,9,12H2. The molecule has 2 aromatic heterocycles. The van der Waals surface area contributed by atoms with Crippen molar-refractivity contribution in [3.63, 3.8) is 0 Å². The molecule has 5 nitrogen and oxygen atoms in total. The van der Waals surface area contributed by atoms with Gasteiger partial charge in [0, 0.05) is 28.7 Å². The number of carbonyl (C=O) groups excluding carboxylic acids is 1. The number of ether oxygens (including phenoxy) is 1. The first-order chi connectivity index (χ1) is 13.7. The second-order valence-corrected chi connectivity index (χ2v) is 8.35. The topological polar surface area (TPSA) is 58.2 Å². The number of anilines is 1. The maximum Gasteiger partial charge on any atom is 0.262 e. The molecule has 142 valence electrons. The van der Waals surface area contributed by atoms with E-state index in [4.69, 9.17) is 21.3 Å². The monoisotopic (exact) mass is 411 g/mol. The van der Waals surface area contributed by atoms with E-state index in [0.29, 0.717) is 22.3 Å². The number of fused-ring (bicyclic) bond motifs is 2. The van der Waals surface area contributed by atoms with Crippen molar-refractivity contribution >= 4 is 55.1 Å². The number of para-hydroxylation sites is 1. The van der Waals surface area contributed by atoms with E-state index in [0.717, 1.165) is 40.6 Å². The molecule has 1 aliphatic rings. The van der Waals surface area contributed by atoms with E-state index in [1.807, 2.05) is 42.5 Å². The number of halogens is 1. The van der Waals surface area contributed by atoms with Crippen LogP contribution in [-0.2, 0) is 4.74 Å². The third kappa shape index (κ3) is 3.17. The van der Waals surface area contributed by atoms with Crippen molar-refractivity contribution in [3.8, 4) is 0 Å². The lowest BCUT2D eigenvalue weighted by Gasteiger charge is -2.22. The van der Waals surface area contributed by atoms with Crippen LogP contribution in [0.1, 0.15) is 23.2 Å². The van der Waals surface area contributed by atoms with Gasteiger partial charge in [0.15, 0.2) is 5.13 Å². The Balaban J connectivity index is 1.57. The molecule has 4 aromatic rings. The van der Waals surface area contributed by atoms with Gasteiger partial charge in [-0.1, -0.05) is 41.1 Å². The van der Waals surface area contributed by atoms with Gasteiger partial charge in [-0.2, -0.15) is 0 Å². The average Bonchev–Trinajstić information content (AvgIpc) is 3.44. The number of H-pyrrole nitrogens is 1. The lowest BCUT2D eigenvalue weighted by Crippen LogP contribution is -2.37. The molecule has 0 bridgehead atoms. The van der Waals surface area contributed by atoms with Crippen molar-refractivity contribution < 1.29 is 9.53 Å². The van der Waals surface area contributed by atoms with Gasteiger partial charge in [0.2, 0.25) is 0 Å². The van der Waals surface area contributed by atoms with Gasteiger partial charge in [-0.05, 0) is 37.1 Å². The second kappa shape index (κ2) is 7.20. The molecule has 0 saturated carbocycles. The van der Waals surface area contributed by atoms with Crippen molar-refractivity contribution in [1.82, 2.24) is 9.97 Å². The molecule has 1 aliphatic heterocycles. The SMILES string of the molecule is O=C(c1c[nH]c2ccccc12)N(CC1CCCO1)c1nc2ccc(Cl)cc2s1. The predicted octanol–water partition coefficient (Wildman–Crippen LogP) is 5.26. The van der Waals surface area contributed by atoms with Gasteiger partial charge < -0.3 is 9.72 Å². The van der Waals surface area contributed by atoms with Crippen LogP contribution < -0.4 is 4.90 Å². The molecule has 1 fully saturated rings. The quantitative estimate of drug-likeness (QED) is 0.498. The highest BCUT2D eigenvalue weighted by atomic mass is 35.5.